The molecule has 1 saturated carbocycles. The summed E-state index contributed by atoms with van der Waals surface area (Å²) in [6, 6.07) is 15.1. The summed E-state index contributed by atoms with van der Waals surface area (Å²) in [6.45, 7) is 5.24. The van der Waals surface area contributed by atoms with E-state index < -0.39 is 0 Å². The fourth-order valence-corrected chi connectivity index (χ4v) is 3.64. The molecule has 2 amide bonds. The van der Waals surface area contributed by atoms with Crippen LogP contribution in [0.4, 0.5) is 0 Å². The largest absolute Gasteiger partial charge is 0.352 e. The van der Waals surface area contributed by atoms with Gasteiger partial charge in [-0.2, -0.15) is 0 Å². The fourth-order valence-electron chi connectivity index (χ4n) is 3.64. The molecule has 0 aliphatic heterocycles. The predicted molar refractivity (Wildman–Crippen MR) is 127 cm³/mol. The molecule has 2 aromatic carbocycles. The van der Waals surface area contributed by atoms with Crippen molar-refractivity contribution in [2.24, 2.45) is 5.92 Å². The van der Waals surface area contributed by atoms with Crippen molar-refractivity contribution < 1.29 is 9.59 Å². The standard InChI is InChI=1S/C27H32N2O2/c1-3-7-22(8-4-2)23-13-15-24(16-14-23)26(30)29-19-21-11-6-12-25(17-21)27(31)28-18-20-9-5-10-20/h3,6-8,11-17,20H,4-5,9-10,18-19H2,1-2H3,(H,28,31)(H,29,30)/b7-3-,22-8+. The molecule has 0 saturated heterocycles. The van der Waals surface area contributed by atoms with Gasteiger partial charge in [-0.3, -0.25) is 9.59 Å². The van der Waals surface area contributed by atoms with Crippen molar-refractivity contribution >= 4 is 17.4 Å². The second kappa shape index (κ2) is 11.3. The third kappa shape index (κ3) is 6.42. The smallest absolute Gasteiger partial charge is 0.251 e. The molecule has 0 unspecified atom stereocenters. The third-order valence-corrected chi connectivity index (χ3v) is 5.67. The van der Waals surface area contributed by atoms with Crippen LogP contribution in [0.25, 0.3) is 5.57 Å². The number of allylic oxidation sites excluding steroid dienone is 4. The monoisotopic (exact) mass is 416 g/mol. The summed E-state index contributed by atoms with van der Waals surface area (Å²) in [7, 11) is 0. The van der Waals surface area contributed by atoms with E-state index in [0.717, 1.165) is 29.7 Å². The van der Waals surface area contributed by atoms with E-state index in [-0.39, 0.29) is 11.8 Å². The van der Waals surface area contributed by atoms with Crippen molar-refractivity contribution in [3.8, 4) is 0 Å². The van der Waals surface area contributed by atoms with Gasteiger partial charge in [-0.15, -0.1) is 0 Å². The number of hydrogen-bond donors (Lipinski definition) is 2. The van der Waals surface area contributed by atoms with Gasteiger partial charge in [0.15, 0.2) is 0 Å². The fraction of sp³-hybridized carbons (Fsp3) is 0.333. The van der Waals surface area contributed by atoms with Gasteiger partial charge in [-0.1, -0.05) is 55.8 Å². The van der Waals surface area contributed by atoms with Gasteiger partial charge < -0.3 is 10.6 Å². The third-order valence-electron chi connectivity index (χ3n) is 5.67. The molecule has 4 nitrogen and oxygen atoms in total. The summed E-state index contributed by atoms with van der Waals surface area (Å²) in [5, 5.41) is 5.97. The first-order chi connectivity index (χ1) is 15.1. The quantitative estimate of drug-likeness (QED) is 0.529. The molecule has 0 bridgehead atoms. The minimum atomic E-state index is -0.126. The van der Waals surface area contributed by atoms with E-state index >= 15 is 0 Å². The van der Waals surface area contributed by atoms with Crippen LogP contribution in [-0.2, 0) is 6.54 Å². The first kappa shape index (κ1) is 22.5. The van der Waals surface area contributed by atoms with E-state index in [2.05, 4.69) is 29.7 Å². The van der Waals surface area contributed by atoms with Crippen LogP contribution in [0.15, 0.2) is 66.8 Å². The molecule has 0 radical (unpaired) electrons. The van der Waals surface area contributed by atoms with Crippen molar-refractivity contribution in [3.63, 3.8) is 0 Å². The highest BCUT2D eigenvalue weighted by molar-refractivity contribution is 5.95. The maximum absolute atomic E-state index is 12.6. The molecule has 0 atom stereocenters. The highest BCUT2D eigenvalue weighted by atomic mass is 16.2. The second-order valence-electron chi connectivity index (χ2n) is 8.04. The lowest BCUT2D eigenvalue weighted by atomic mass is 9.85. The van der Waals surface area contributed by atoms with Crippen LogP contribution in [0, 0.1) is 5.92 Å². The van der Waals surface area contributed by atoms with E-state index in [1.807, 2.05) is 61.5 Å². The van der Waals surface area contributed by atoms with Gasteiger partial charge in [0.05, 0.1) is 0 Å². The van der Waals surface area contributed by atoms with Crippen molar-refractivity contribution in [3.05, 3.63) is 89.0 Å². The number of nitrogens with one attached hydrogen (secondary N) is 2. The normalized spacial score (nSPS) is 14.3. The molecule has 0 aromatic heterocycles. The van der Waals surface area contributed by atoms with Crippen LogP contribution >= 0.6 is 0 Å². The minimum absolute atomic E-state index is 0.0484. The average molecular weight is 417 g/mol. The van der Waals surface area contributed by atoms with Gasteiger partial charge in [0.25, 0.3) is 11.8 Å². The van der Waals surface area contributed by atoms with Gasteiger partial charge in [0.1, 0.15) is 0 Å². The zero-order valence-corrected chi connectivity index (χ0v) is 18.5. The Labute approximate surface area is 185 Å². The van der Waals surface area contributed by atoms with Crippen LogP contribution < -0.4 is 10.6 Å². The molecule has 0 spiro atoms. The zero-order chi connectivity index (χ0) is 22.1. The molecular weight excluding hydrogens is 384 g/mol. The van der Waals surface area contributed by atoms with Crippen molar-refractivity contribution in [2.45, 2.75) is 46.1 Å². The second-order valence-corrected chi connectivity index (χ2v) is 8.04. The molecule has 4 heteroatoms. The first-order valence-electron chi connectivity index (χ1n) is 11.2. The molecule has 162 valence electrons. The van der Waals surface area contributed by atoms with E-state index in [9.17, 15) is 9.59 Å². The molecule has 1 aliphatic carbocycles. The summed E-state index contributed by atoms with van der Waals surface area (Å²) in [5.74, 6) is 0.454. The van der Waals surface area contributed by atoms with Crippen molar-refractivity contribution in [1.82, 2.24) is 10.6 Å². The van der Waals surface area contributed by atoms with Crippen LogP contribution in [0.1, 0.15) is 71.4 Å². The summed E-state index contributed by atoms with van der Waals surface area (Å²) < 4.78 is 0. The Kier molecular flexibility index (Phi) is 8.22. The van der Waals surface area contributed by atoms with E-state index in [4.69, 9.17) is 0 Å². The lowest BCUT2D eigenvalue weighted by Gasteiger charge is -2.25. The van der Waals surface area contributed by atoms with E-state index in [1.165, 1.54) is 19.3 Å². The molecular formula is C27H32N2O2. The van der Waals surface area contributed by atoms with Crippen molar-refractivity contribution in [1.29, 1.82) is 0 Å². The molecule has 0 heterocycles. The highest BCUT2D eigenvalue weighted by Crippen LogP contribution is 2.25. The predicted octanol–water partition coefficient (Wildman–Crippen LogP) is 5.52. The van der Waals surface area contributed by atoms with Crippen LogP contribution in [0.3, 0.4) is 0 Å². The highest BCUT2D eigenvalue weighted by Gasteiger charge is 2.18. The van der Waals surface area contributed by atoms with Gasteiger partial charge in [-0.05, 0) is 73.1 Å². The number of hydrogen-bond acceptors (Lipinski definition) is 2. The number of carbonyl (C=O) groups is 2. The van der Waals surface area contributed by atoms with Crippen LogP contribution in [0.2, 0.25) is 0 Å². The van der Waals surface area contributed by atoms with Crippen LogP contribution in [-0.4, -0.2) is 18.4 Å². The summed E-state index contributed by atoms with van der Waals surface area (Å²) in [5.41, 5.74) is 4.41. The Morgan fingerprint density at radius 3 is 2.32 bits per heavy atom. The van der Waals surface area contributed by atoms with Gasteiger partial charge >= 0.3 is 0 Å². The summed E-state index contributed by atoms with van der Waals surface area (Å²) in [4.78, 5) is 24.9. The maximum atomic E-state index is 12.6. The lowest BCUT2D eigenvalue weighted by molar-refractivity contribution is 0.0936. The van der Waals surface area contributed by atoms with E-state index in [0.29, 0.717) is 23.6 Å². The summed E-state index contributed by atoms with van der Waals surface area (Å²) >= 11 is 0. The van der Waals surface area contributed by atoms with Gasteiger partial charge in [0.2, 0.25) is 0 Å². The minimum Gasteiger partial charge on any atom is -0.352 e. The number of rotatable bonds is 9. The number of benzene rings is 2. The molecule has 1 aliphatic rings. The Hall–Kier alpha value is -3.14. The average Bonchev–Trinajstić information content (AvgIpc) is 2.76. The lowest BCUT2D eigenvalue weighted by Crippen LogP contribution is -2.32. The molecule has 31 heavy (non-hydrogen) atoms. The molecule has 2 aromatic rings. The van der Waals surface area contributed by atoms with E-state index in [1.54, 1.807) is 0 Å². The van der Waals surface area contributed by atoms with Gasteiger partial charge in [0, 0.05) is 24.2 Å². The zero-order valence-electron chi connectivity index (χ0n) is 18.5. The number of amides is 2. The molecule has 2 N–H and O–H groups in total. The van der Waals surface area contributed by atoms with Crippen LogP contribution in [0.5, 0.6) is 0 Å². The molecule has 1 fully saturated rings. The Morgan fingerprint density at radius 2 is 1.68 bits per heavy atom. The first-order valence-corrected chi connectivity index (χ1v) is 11.2. The SMILES string of the molecule is C/C=C\C(=C/CC)c1ccc(C(=O)NCc2cccc(C(=O)NCC3CCC3)c2)cc1. The Morgan fingerprint density at radius 1 is 0.968 bits per heavy atom. The maximum Gasteiger partial charge on any atom is 0.251 e. The molecule has 3 rings (SSSR count). The Balaban J connectivity index is 1.56. The Bertz CT molecular complexity index is 953. The van der Waals surface area contributed by atoms with Crippen molar-refractivity contribution in [2.75, 3.05) is 6.54 Å². The van der Waals surface area contributed by atoms with Gasteiger partial charge in [-0.25, -0.2) is 0 Å². The number of carbonyl (C=O) groups excluding carboxylic acids is 2. The topological polar surface area (TPSA) is 58.2 Å². The summed E-state index contributed by atoms with van der Waals surface area (Å²) in [6.07, 6.45) is 10.9.